The number of ether oxygens (including phenoxy) is 1. The van der Waals surface area contributed by atoms with Crippen LogP contribution in [0.2, 0.25) is 0 Å². The maximum Gasteiger partial charge on any atom is 0.307 e. The zero-order valence-corrected chi connectivity index (χ0v) is 9.53. The van der Waals surface area contributed by atoms with Crippen molar-refractivity contribution in [2.45, 2.75) is 12.5 Å². The fraction of sp³-hybridized carbons (Fsp3) is 0.300. The number of carbonyl (C=O) groups is 1. The van der Waals surface area contributed by atoms with E-state index >= 15 is 0 Å². The Morgan fingerprint density at radius 3 is 2.62 bits per heavy atom. The van der Waals surface area contributed by atoms with Crippen LogP contribution in [0.4, 0.5) is 0 Å². The number of aromatic hydroxyl groups is 2. The monoisotopic (exact) mass is 247 g/mol. The second-order valence-corrected chi connectivity index (χ2v) is 3.13. The normalized spacial score (nSPS) is 11.4. The first-order valence-electron chi connectivity index (χ1n) is 4.39. The van der Waals surface area contributed by atoms with Gasteiger partial charge in [0.25, 0.3) is 0 Å². The highest BCUT2D eigenvalue weighted by Crippen LogP contribution is 2.28. The molecule has 0 bridgehead atoms. The van der Waals surface area contributed by atoms with Gasteiger partial charge >= 0.3 is 5.97 Å². The molecule has 1 rings (SSSR count). The minimum absolute atomic E-state index is 0. The van der Waals surface area contributed by atoms with Crippen molar-refractivity contribution in [2.75, 3.05) is 7.11 Å². The first-order valence-corrected chi connectivity index (χ1v) is 4.39. The number of methoxy groups -OCH3 is 1. The van der Waals surface area contributed by atoms with Crippen LogP contribution in [0.1, 0.15) is 18.0 Å². The van der Waals surface area contributed by atoms with Crippen LogP contribution in [0, 0.1) is 0 Å². The molecule has 90 valence electrons. The highest BCUT2D eigenvalue weighted by Gasteiger charge is 2.15. The van der Waals surface area contributed by atoms with E-state index in [2.05, 4.69) is 4.74 Å². The number of rotatable bonds is 3. The zero-order chi connectivity index (χ0) is 11.4. The van der Waals surface area contributed by atoms with E-state index in [0.717, 1.165) is 0 Å². The number of esters is 1. The molecule has 16 heavy (non-hydrogen) atoms. The number of benzene rings is 1. The first kappa shape index (κ1) is 14.5. The van der Waals surface area contributed by atoms with Gasteiger partial charge in [0.2, 0.25) is 0 Å². The SMILES string of the molecule is COC(=O)C[C@@H](N)c1ccc(O)cc1O.Cl. The Labute approximate surface area is 99.2 Å². The lowest BCUT2D eigenvalue weighted by Crippen LogP contribution is -2.16. The van der Waals surface area contributed by atoms with E-state index in [1.54, 1.807) is 0 Å². The minimum Gasteiger partial charge on any atom is -0.508 e. The van der Waals surface area contributed by atoms with E-state index in [-0.39, 0.29) is 30.3 Å². The summed E-state index contributed by atoms with van der Waals surface area (Å²) in [5, 5.41) is 18.5. The van der Waals surface area contributed by atoms with Gasteiger partial charge in [-0.2, -0.15) is 0 Å². The molecule has 0 saturated carbocycles. The summed E-state index contributed by atoms with van der Waals surface area (Å²) in [4.78, 5) is 10.9. The third-order valence-electron chi connectivity index (χ3n) is 2.03. The van der Waals surface area contributed by atoms with Gasteiger partial charge in [-0.1, -0.05) is 6.07 Å². The topological polar surface area (TPSA) is 92.8 Å². The Balaban J connectivity index is 0.00000225. The molecule has 0 heterocycles. The van der Waals surface area contributed by atoms with Crippen LogP contribution in [0.3, 0.4) is 0 Å². The molecule has 0 radical (unpaired) electrons. The number of nitrogens with two attached hydrogens (primary N) is 1. The van der Waals surface area contributed by atoms with Crippen LogP contribution in [0.15, 0.2) is 18.2 Å². The van der Waals surface area contributed by atoms with Crippen LogP contribution in [0.25, 0.3) is 0 Å². The Hall–Kier alpha value is -1.46. The lowest BCUT2D eigenvalue weighted by molar-refractivity contribution is -0.141. The quantitative estimate of drug-likeness (QED) is 0.695. The van der Waals surface area contributed by atoms with Crippen LogP contribution in [0.5, 0.6) is 11.5 Å². The van der Waals surface area contributed by atoms with Gasteiger partial charge in [-0.15, -0.1) is 12.4 Å². The zero-order valence-electron chi connectivity index (χ0n) is 8.71. The van der Waals surface area contributed by atoms with Crippen LogP contribution in [-0.2, 0) is 9.53 Å². The van der Waals surface area contributed by atoms with Crippen molar-refractivity contribution in [3.63, 3.8) is 0 Å². The molecule has 0 unspecified atom stereocenters. The average molecular weight is 248 g/mol. The molecular weight excluding hydrogens is 234 g/mol. The summed E-state index contributed by atoms with van der Waals surface area (Å²) in [5.74, 6) is -0.636. The van der Waals surface area contributed by atoms with Crippen molar-refractivity contribution < 1.29 is 19.7 Å². The molecule has 0 spiro atoms. The summed E-state index contributed by atoms with van der Waals surface area (Å²) in [5.41, 5.74) is 6.08. The maximum absolute atomic E-state index is 10.9. The van der Waals surface area contributed by atoms with Gasteiger partial charge in [0.1, 0.15) is 11.5 Å². The van der Waals surface area contributed by atoms with Crippen LogP contribution in [-0.4, -0.2) is 23.3 Å². The van der Waals surface area contributed by atoms with E-state index < -0.39 is 12.0 Å². The van der Waals surface area contributed by atoms with Crippen LogP contribution >= 0.6 is 12.4 Å². The molecule has 5 nitrogen and oxygen atoms in total. The lowest BCUT2D eigenvalue weighted by Gasteiger charge is -2.12. The second kappa shape index (κ2) is 6.19. The number of hydrogen-bond acceptors (Lipinski definition) is 5. The van der Waals surface area contributed by atoms with Crippen molar-refractivity contribution in [3.8, 4) is 11.5 Å². The van der Waals surface area contributed by atoms with E-state index in [1.165, 1.54) is 25.3 Å². The molecule has 1 aromatic rings. The molecule has 0 amide bonds. The maximum atomic E-state index is 10.9. The summed E-state index contributed by atoms with van der Waals surface area (Å²) in [7, 11) is 1.27. The molecule has 0 aliphatic heterocycles. The summed E-state index contributed by atoms with van der Waals surface area (Å²) >= 11 is 0. The van der Waals surface area contributed by atoms with Gasteiger partial charge in [-0.05, 0) is 6.07 Å². The van der Waals surface area contributed by atoms with Gasteiger partial charge < -0.3 is 20.7 Å². The first-order chi connectivity index (χ1) is 7.04. The number of carbonyl (C=O) groups excluding carboxylic acids is 1. The Morgan fingerprint density at radius 2 is 2.12 bits per heavy atom. The molecule has 1 aromatic carbocycles. The number of hydrogen-bond donors (Lipinski definition) is 3. The van der Waals surface area contributed by atoms with Gasteiger partial charge in [0, 0.05) is 17.7 Å². The predicted molar refractivity (Wildman–Crippen MR) is 60.6 cm³/mol. The Kier molecular flexibility index (Phi) is 5.63. The summed E-state index contributed by atoms with van der Waals surface area (Å²) in [6, 6.07) is 3.40. The van der Waals surface area contributed by atoms with Crippen molar-refractivity contribution in [1.29, 1.82) is 0 Å². The summed E-state index contributed by atoms with van der Waals surface area (Å²) < 4.78 is 4.46. The van der Waals surface area contributed by atoms with E-state index in [0.29, 0.717) is 5.56 Å². The average Bonchev–Trinajstić information content (AvgIpc) is 2.17. The fourth-order valence-electron chi connectivity index (χ4n) is 1.22. The molecule has 1 atom stereocenters. The largest absolute Gasteiger partial charge is 0.508 e. The van der Waals surface area contributed by atoms with E-state index in [1.807, 2.05) is 0 Å². The highest BCUT2D eigenvalue weighted by atomic mass is 35.5. The summed E-state index contributed by atoms with van der Waals surface area (Å²) in [6.45, 7) is 0. The molecule has 0 fully saturated rings. The van der Waals surface area contributed by atoms with Gasteiger partial charge in [-0.25, -0.2) is 0 Å². The van der Waals surface area contributed by atoms with Gasteiger partial charge in [0.05, 0.1) is 13.5 Å². The second-order valence-electron chi connectivity index (χ2n) is 3.13. The molecular formula is C10H14ClNO4. The molecule has 4 N–H and O–H groups in total. The molecule has 0 saturated heterocycles. The molecule has 6 heteroatoms. The standard InChI is InChI=1S/C10H13NO4.ClH/c1-15-10(14)5-8(11)7-3-2-6(12)4-9(7)13;/h2-4,8,12-13H,5,11H2,1H3;1H/t8-;/m1./s1. The van der Waals surface area contributed by atoms with Gasteiger partial charge in [-0.3, -0.25) is 4.79 Å². The highest BCUT2D eigenvalue weighted by molar-refractivity contribution is 5.85. The smallest absolute Gasteiger partial charge is 0.307 e. The van der Waals surface area contributed by atoms with E-state index in [9.17, 15) is 9.90 Å². The number of phenolic OH excluding ortho intramolecular Hbond substituents is 2. The van der Waals surface area contributed by atoms with Crippen molar-refractivity contribution >= 4 is 18.4 Å². The molecule has 0 aliphatic carbocycles. The van der Waals surface area contributed by atoms with Crippen LogP contribution < -0.4 is 5.73 Å². The van der Waals surface area contributed by atoms with Crippen molar-refractivity contribution in [1.82, 2.24) is 0 Å². The lowest BCUT2D eigenvalue weighted by atomic mass is 10.0. The molecule has 0 aromatic heterocycles. The van der Waals surface area contributed by atoms with E-state index in [4.69, 9.17) is 10.8 Å². The summed E-state index contributed by atoms with van der Waals surface area (Å²) in [6.07, 6.45) is -0.0190. The third kappa shape index (κ3) is 3.60. The molecule has 0 aliphatic rings. The van der Waals surface area contributed by atoms with Crippen molar-refractivity contribution in [3.05, 3.63) is 23.8 Å². The third-order valence-corrected chi connectivity index (χ3v) is 2.03. The number of phenols is 2. The minimum atomic E-state index is -0.641. The van der Waals surface area contributed by atoms with Gasteiger partial charge in [0.15, 0.2) is 0 Å². The fourth-order valence-corrected chi connectivity index (χ4v) is 1.22. The number of halogens is 1. The van der Waals surface area contributed by atoms with Crippen molar-refractivity contribution in [2.24, 2.45) is 5.73 Å². The Morgan fingerprint density at radius 1 is 1.50 bits per heavy atom. The predicted octanol–water partition coefficient (Wildman–Crippen LogP) is 1.08. The Bertz CT molecular complexity index is 370.